The fourth-order valence-corrected chi connectivity index (χ4v) is 3.40. The van der Waals surface area contributed by atoms with Crippen LogP contribution in [0.3, 0.4) is 0 Å². The minimum absolute atomic E-state index is 0.0886. The van der Waals surface area contributed by atoms with Crippen LogP contribution < -0.4 is 9.64 Å². The van der Waals surface area contributed by atoms with Crippen molar-refractivity contribution in [3.8, 4) is 5.75 Å². The van der Waals surface area contributed by atoms with Crippen molar-refractivity contribution < 1.29 is 19.1 Å². The van der Waals surface area contributed by atoms with E-state index in [0.29, 0.717) is 11.8 Å². The highest BCUT2D eigenvalue weighted by atomic mass is 16.5. The molecule has 1 aliphatic rings. The molecule has 0 saturated carbocycles. The van der Waals surface area contributed by atoms with Gasteiger partial charge in [-0.25, -0.2) is 0 Å². The molecule has 1 amide bonds. The summed E-state index contributed by atoms with van der Waals surface area (Å²) < 4.78 is 5.39. The van der Waals surface area contributed by atoms with Crippen LogP contribution in [0.15, 0.2) is 66.7 Å². The average molecular weight is 359 g/mol. The zero-order valence-electron chi connectivity index (χ0n) is 14.5. The lowest BCUT2D eigenvalue weighted by Crippen LogP contribution is -2.27. The van der Waals surface area contributed by atoms with Crippen LogP contribution in [0.2, 0.25) is 0 Å². The number of rotatable bonds is 4. The molecule has 5 heteroatoms. The molecule has 1 saturated heterocycles. The van der Waals surface area contributed by atoms with Crippen molar-refractivity contribution in [2.75, 3.05) is 11.4 Å². The van der Waals surface area contributed by atoms with Crippen LogP contribution in [0.4, 0.5) is 5.69 Å². The molecule has 3 aromatic carbocycles. The van der Waals surface area contributed by atoms with Gasteiger partial charge in [0.1, 0.15) is 5.75 Å². The first-order valence-corrected chi connectivity index (χ1v) is 8.71. The van der Waals surface area contributed by atoms with Crippen molar-refractivity contribution in [2.24, 2.45) is 5.92 Å². The summed E-state index contributed by atoms with van der Waals surface area (Å²) in [7, 11) is 0. The van der Waals surface area contributed by atoms with Gasteiger partial charge in [-0.15, -0.1) is 0 Å². The summed E-state index contributed by atoms with van der Waals surface area (Å²) in [6.45, 7) is 0.259. The zero-order valence-corrected chi connectivity index (χ0v) is 14.5. The van der Waals surface area contributed by atoms with Crippen LogP contribution in [-0.4, -0.2) is 24.7 Å². The molecule has 0 bridgehead atoms. The quantitative estimate of drug-likeness (QED) is 0.406. The number of esters is 1. The fourth-order valence-electron chi connectivity index (χ4n) is 3.40. The Labute approximate surface area is 156 Å². The number of carbonyl (C=O) groups is 3. The van der Waals surface area contributed by atoms with Gasteiger partial charge in [0.2, 0.25) is 5.91 Å². The van der Waals surface area contributed by atoms with E-state index in [9.17, 15) is 14.4 Å². The Morgan fingerprint density at radius 2 is 1.74 bits per heavy atom. The highest BCUT2D eigenvalue weighted by Gasteiger charge is 2.37. The fraction of sp³-hybridized carbons (Fsp3) is 0.136. The van der Waals surface area contributed by atoms with Gasteiger partial charge >= 0.3 is 5.97 Å². The molecule has 0 radical (unpaired) electrons. The predicted molar refractivity (Wildman–Crippen MR) is 102 cm³/mol. The van der Waals surface area contributed by atoms with Crippen LogP contribution in [-0.2, 0) is 9.59 Å². The van der Waals surface area contributed by atoms with Crippen LogP contribution in [0.1, 0.15) is 16.8 Å². The number of fused-ring (bicyclic) bond motifs is 1. The van der Waals surface area contributed by atoms with Crippen molar-refractivity contribution in [1.82, 2.24) is 0 Å². The Morgan fingerprint density at radius 1 is 1.00 bits per heavy atom. The summed E-state index contributed by atoms with van der Waals surface area (Å²) in [6.07, 6.45) is 0.732. The molecule has 27 heavy (non-hydrogen) atoms. The number of benzene rings is 3. The molecule has 4 rings (SSSR count). The topological polar surface area (TPSA) is 63.7 Å². The molecule has 5 nitrogen and oxygen atoms in total. The number of hydrogen-bond donors (Lipinski definition) is 0. The normalized spacial score (nSPS) is 16.5. The summed E-state index contributed by atoms with van der Waals surface area (Å²) >= 11 is 0. The van der Waals surface area contributed by atoms with Gasteiger partial charge in [-0.1, -0.05) is 48.5 Å². The summed E-state index contributed by atoms with van der Waals surface area (Å²) in [5, 5.41) is 2.00. The Morgan fingerprint density at radius 3 is 2.59 bits per heavy atom. The molecular weight excluding hydrogens is 342 g/mol. The van der Waals surface area contributed by atoms with E-state index in [-0.39, 0.29) is 24.6 Å². The summed E-state index contributed by atoms with van der Waals surface area (Å²) in [6, 6.07) is 20.1. The predicted octanol–water partition coefficient (Wildman–Crippen LogP) is 3.61. The first kappa shape index (κ1) is 17.0. The maximum absolute atomic E-state index is 12.6. The number of hydrogen-bond acceptors (Lipinski definition) is 4. The van der Waals surface area contributed by atoms with E-state index in [1.807, 2.05) is 42.5 Å². The van der Waals surface area contributed by atoms with Gasteiger partial charge in [0.05, 0.1) is 17.2 Å². The van der Waals surface area contributed by atoms with Crippen LogP contribution in [0.5, 0.6) is 5.75 Å². The van der Waals surface area contributed by atoms with E-state index in [4.69, 9.17) is 4.74 Å². The average Bonchev–Trinajstić information content (AvgIpc) is 3.09. The largest absolute Gasteiger partial charge is 0.425 e. The van der Waals surface area contributed by atoms with E-state index in [1.54, 1.807) is 29.2 Å². The molecule has 1 aliphatic heterocycles. The molecule has 0 unspecified atom stereocenters. The first-order chi connectivity index (χ1) is 13.2. The number of anilines is 1. The second-order valence-electron chi connectivity index (χ2n) is 6.48. The van der Waals surface area contributed by atoms with Crippen LogP contribution >= 0.6 is 0 Å². The standard InChI is InChI=1S/C22H17NO4/c24-14-16-7-2-4-11-20(16)27-22(26)17-12-21(25)23(13-17)19-10-5-8-15-6-1-3-9-18(15)19/h1-11,14,17H,12-13H2/t17-/m1/s1. The van der Waals surface area contributed by atoms with Crippen LogP contribution in [0, 0.1) is 5.92 Å². The van der Waals surface area contributed by atoms with Crippen molar-refractivity contribution in [3.63, 3.8) is 0 Å². The van der Waals surface area contributed by atoms with E-state index in [1.165, 1.54) is 0 Å². The molecule has 3 aromatic rings. The highest BCUT2D eigenvalue weighted by molar-refractivity contribution is 6.06. The van der Waals surface area contributed by atoms with Gasteiger partial charge in [-0.3, -0.25) is 14.4 Å². The third-order valence-corrected chi connectivity index (χ3v) is 4.77. The van der Waals surface area contributed by atoms with E-state index in [2.05, 4.69) is 0 Å². The Bertz CT molecular complexity index is 1040. The highest BCUT2D eigenvalue weighted by Crippen LogP contribution is 2.32. The van der Waals surface area contributed by atoms with E-state index >= 15 is 0 Å². The zero-order chi connectivity index (χ0) is 18.8. The third kappa shape index (κ3) is 3.19. The van der Waals surface area contributed by atoms with Gasteiger partial charge in [-0.05, 0) is 23.6 Å². The smallest absolute Gasteiger partial charge is 0.316 e. The third-order valence-electron chi connectivity index (χ3n) is 4.77. The number of ether oxygens (including phenoxy) is 1. The molecule has 1 fully saturated rings. The van der Waals surface area contributed by atoms with E-state index in [0.717, 1.165) is 16.5 Å². The lowest BCUT2D eigenvalue weighted by atomic mass is 10.1. The molecular formula is C22H17NO4. The molecule has 1 heterocycles. The minimum atomic E-state index is -0.573. The second-order valence-corrected chi connectivity index (χ2v) is 6.48. The Hall–Kier alpha value is -3.47. The van der Waals surface area contributed by atoms with Gasteiger partial charge < -0.3 is 9.64 Å². The van der Waals surface area contributed by atoms with Gasteiger partial charge in [-0.2, -0.15) is 0 Å². The number of nitrogens with zero attached hydrogens (tertiary/aromatic N) is 1. The lowest BCUT2D eigenvalue weighted by molar-refractivity contribution is -0.139. The number of carbonyl (C=O) groups excluding carboxylic acids is 3. The van der Waals surface area contributed by atoms with Crippen LogP contribution in [0.25, 0.3) is 10.8 Å². The maximum atomic E-state index is 12.6. The maximum Gasteiger partial charge on any atom is 0.316 e. The van der Waals surface area contributed by atoms with Crippen molar-refractivity contribution in [1.29, 1.82) is 0 Å². The molecule has 134 valence electrons. The SMILES string of the molecule is O=Cc1ccccc1OC(=O)[C@@H]1CC(=O)N(c2cccc3ccccc23)C1. The molecule has 0 N–H and O–H groups in total. The molecule has 1 atom stereocenters. The summed E-state index contributed by atoms with van der Waals surface area (Å²) in [5.74, 6) is -0.970. The second kappa shape index (κ2) is 7.03. The number of para-hydroxylation sites is 1. The van der Waals surface area contributed by atoms with Gasteiger partial charge in [0, 0.05) is 18.4 Å². The van der Waals surface area contributed by atoms with Crippen molar-refractivity contribution in [2.45, 2.75) is 6.42 Å². The summed E-state index contributed by atoms with van der Waals surface area (Å²) in [4.78, 5) is 37.9. The molecule has 0 aromatic heterocycles. The number of amides is 1. The Balaban J connectivity index is 1.57. The van der Waals surface area contributed by atoms with Crippen molar-refractivity contribution >= 4 is 34.6 Å². The van der Waals surface area contributed by atoms with Crippen molar-refractivity contribution in [3.05, 3.63) is 72.3 Å². The van der Waals surface area contributed by atoms with Gasteiger partial charge in [0.25, 0.3) is 0 Å². The monoisotopic (exact) mass is 359 g/mol. The minimum Gasteiger partial charge on any atom is -0.425 e. The van der Waals surface area contributed by atoms with Gasteiger partial charge in [0.15, 0.2) is 6.29 Å². The molecule has 0 spiro atoms. The lowest BCUT2D eigenvalue weighted by Gasteiger charge is -2.19. The summed E-state index contributed by atoms with van der Waals surface area (Å²) in [5.41, 5.74) is 1.10. The first-order valence-electron chi connectivity index (χ1n) is 8.71. The number of aldehydes is 1. The molecule has 0 aliphatic carbocycles. The van der Waals surface area contributed by atoms with E-state index < -0.39 is 11.9 Å². The Kier molecular flexibility index (Phi) is 4.42.